The molecule has 0 fully saturated rings. The standard InChI is InChI=1S/C15H10BrN3OS/c16-9-3-1-8(2-4-9)10-7-13(20)17-11-5-6-12-15(14(10)11)19-21-18-12/h1-6,10H,7H2,(H,17,20)/t10-/m1/s1. The largest absolute Gasteiger partial charge is 0.326 e. The Morgan fingerprint density at radius 2 is 1.95 bits per heavy atom. The van der Waals surface area contributed by atoms with Crippen LogP contribution in [0.15, 0.2) is 40.9 Å². The second kappa shape index (κ2) is 4.89. The maximum absolute atomic E-state index is 12.0. The SMILES string of the molecule is O=C1C[C@H](c2ccc(Br)cc2)c2c(ccc3nsnc23)N1. The maximum Gasteiger partial charge on any atom is 0.225 e. The highest BCUT2D eigenvalue weighted by atomic mass is 79.9. The van der Waals surface area contributed by atoms with Crippen LogP contribution in [0.1, 0.15) is 23.5 Å². The Bertz CT molecular complexity index is 844. The van der Waals surface area contributed by atoms with Gasteiger partial charge in [0.1, 0.15) is 11.0 Å². The molecule has 3 aromatic rings. The molecular weight excluding hydrogens is 350 g/mol. The van der Waals surface area contributed by atoms with E-state index in [1.54, 1.807) is 0 Å². The molecule has 4 nitrogen and oxygen atoms in total. The highest BCUT2D eigenvalue weighted by Crippen LogP contribution is 2.41. The lowest BCUT2D eigenvalue weighted by atomic mass is 9.84. The van der Waals surface area contributed by atoms with Gasteiger partial charge in [0.15, 0.2) is 0 Å². The number of carbonyl (C=O) groups is 1. The first-order valence-corrected chi connectivity index (χ1v) is 8.05. The van der Waals surface area contributed by atoms with Gasteiger partial charge in [0.25, 0.3) is 0 Å². The van der Waals surface area contributed by atoms with Gasteiger partial charge < -0.3 is 5.32 Å². The van der Waals surface area contributed by atoms with Crippen molar-refractivity contribution in [2.45, 2.75) is 12.3 Å². The average molecular weight is 360 g/mol. The van der Waals surface area contributed by atoms with Crippen LogP contribution in [-0.4, -0.2) is 14.7 Å². The number of benzene rings is 2. The number of halogens is 1. The van der Waals surface area contributed by atoms with Gasteiger partial charge in [-0.2, -0.15) is 8.75 Å². The second-order valence-corrected chi connectivity index (χ2v) is 6.46. The predicted octanol–water partition coefficient (Wildman–Crippen LogP) is 3.93. The number of amides is 1. The van der Waals surface area contributed by atoms with Crippen molar-refractivity contribution in [1.82, 2.24) is 8.75 Å². The minimum Gasteiger partial charge on any atom is -0.326 e. The fraction of sp³-hybridized carbons (Fsp3) is 0.133. The summed E-state index contributed by atoms with van der Waals surface area (Å²) in [7, 11) is 0. The number of fused-ring (bicyclic) bond motifs is 3. The number of hydrogen-bond acceptors (Lipinski definition) is 4. The molecule has 0 radical (unpaired) electrons. The maximum atomic E-state index is 12.0. The van der Waals surface area contributed by atoms with Crippen LogP contribution in [0, 0.1) is 0 Å². The molecule has 1 aromatic heterocycles. The van der Waals surface area contributed by atoms with E-state index < -0.39 is 0 Å². The first-order valence-electron chi connectivity index (χ1n) is 6.53. The molecule has 0 aliphatic carbocycles. The molecule has 2 aromatic carbocycles. The van der Waals surface area contributed by atoms with Crippen LogP contribution in [0.2, 0.25) is 0 Å². The monoisotopic (exact) mass is 359 g/mol. The highest BCUT2D eigenvalue weighted by molar-refractivity contribution is 9.10. The Hall–Kier alpha value is -1.79. The Morgan fingerprint density at radius 3 is 2.76 bits per heavy atom. The van der Waals surface area contributed by atoms with Crippen LogP contribution >= 0.6 is 27.7 Å². The smallest absolute Gasteiger partial charge is 0.225 e. The first-order chi connectivity index (χ1) is 10.2. The summed E-state index contributed by atoms with van der Waals surface area (Å²) in [5.74, 6) is 0.0624. The molecule has 0 bridgehead atoms. The summed E-state index contributed by atoms with van der Waals surface area (Å²) in [6.45, 7) is 0. The quantitative estimate of drug-likeness (QED) is 0.716. The summed E-state index contributed by atoms with van der Waals surface area (Å²) in [5.41, 5.74) is 4.82. The van der Waals surface area contributed by atoms with Crippen LogP contribution in [0.25, 0.3) is 11.0 Å². The van der Waals surface area contributed by atoms with Gasteiger partial charge in [-0.3, -0.25) is 4.79 Å². The molecule has 6 heteroatoms. The number of carbonyl (C=O) groups excluding carboxylic acids is 1. The van der Waals surface area contributed by atoms with Crippen molar-refractivity contribution in [1.29, 1.82) is 0 Å². The van der Waals surface area contributed by atoms with E-state index in [-0.39, 0.29) is 11.8 Å². The Kier molecular flexibility index (Phi) is 3.01. The topological polar surface area (TPSA) is 54.9 Å². The second-order valence-electron chi connectivity index (χ2n) is 5.02. The normalized spacial score (nSPS) is 17.6. The molecule has 0 spiro atoms. The van der Waals surface area contributed by atoms with E-state index >= 15 is 0 Å². The highest BCUT2D eigenvalue weighted by Gasteiger charge is 2.29. The molecule has 104 valence electrons. The van der Waals surface area contributed by atoms with Gasteiger partial charge >= 0.3 is 0 Å². The Balaban J connectivity index is 1.95. The van der Waals surface area contributed by atoms with Gasteiger partial charge in [0, 0.05) is 28.1 Å². The summed E-state index contributed by atoms with van der Waals surface area (Å²) < 4.78 is 9.75. The lowest BCUT2D eigenvalue weighted by Crippen LogP contribution is -2.23. The molecule has 0 saturated heterocycles. The molecule has 1 N–H and O–H groups in total. The summed E-state index contributed by atoms with van der Waals surface area (Å²) in [5, 5.41) is 2.94. The first kappa shape index (κ1) is 12.9. The van der Waals surface area contributed by atoms with Gasteiger partial charge in [-0.15, -0.1) is 0 Å². The third kappa shape index (κ3) is 2.15. The van der Waals surface area contributed by atoms with E-state index in [4.69, 9.17) is 0 Å². The predicted molar refractivity (Wildman–Crippen MR) is 86.6 cm³/mol. The summed E-state index contributed by atoms with van der Waals surface area (Å²) in [6, 6.07) is 11.9. The van der Waals surface area contributed by atoms with Gasteiger partial charge in [-0.25, -0.2) is 0 Å². The van der Waals surface area contributed by atoms with Gasteiger partial charge in [-0.1, -0.05) is 28.1 Å². The third-order valence-corrected chi connectivity index (χ3v) is 4.82. The summed E-state index contributed by atoms with van der Waals surface area (Å²) >= 11 is 4.65. The molecule has 2 heterocycles. The van der Waals surface area contributed by atoms with Crippen LogP contribution in [0.5, 0.6) is 0 Å². The van der Waals surface area contributed by atoms with Crippen LogP contribution in [-0.2, 0) is 4.79 Å². The van der Waals surface area contributed by atoms with E-state index in [0.29, 0.717) is 6.42 Å². The zero-order chi connectivity index (χ0) is 14.4. The Morgan fingerprint density at radius 1 is 1.14 bits per heavy atom. The molecule has 0 unspecified atom stereocenters. The number of hydrogen-bond donors (Lipinski definition) is 1. The molecular formula is C15H10BrN3OS. The molecule has 21 heavy (non-hydrogen) atoms. The Labute approximate surface area is 133 Å². The number of rotatable bonds is 1. The fourth-order valence-corrected chi connectivity index (χ4v) is 3.62. The molecule has 1 aliphatic heterocycles. The lowest BCUT2D eigenvalue weighted by Gasteiger charge is -2.26. The van der Waals surface area contributed by atoms with Crippen LogP contribution < -0.4 is 5.32 Å². The number of anilines is 1. The molecule has 1 amide bonds. The molecule has 4 rings (SSSR count). The molecule has 0 saturated carbocycles. The lowest BCUT2D eigenvalue weighted by molar-refractivity contribution is -0.116. The van der Waals surface area contributed by atoms with E-state index in [0.717, 1.165) is 32.3 Å². The fourth-order valence-electron chi connectivity index (χ4n) is 2.80. The molecule has 1 atom stereocenters. The number of aromatic nitrogens is 2. The van der Waals surface area contributed by atoms with Gasteiger partial charge in [-0.05, 0) is 29.8 Å². The average Bonchev–Trinajstić information content (AvgIpc) is 2.95. The minimum atomic E-state index is 0.0226. The summed E-state index contributed by atoms with van der Waals surface area (Å²) in [6.07, 6.45) is 0.436. The number of nitrogens with zero attached hydrogens (tertiary/aromatic N) is 2. The molecule has 1 aliphatic rings. The van der Waals surface area contributed by atoms with Crippen molar-refractivity contribution < 1.29 is 4.79 Å². The van der Waals surface area contributed by atoms with Crippen molar-refractivity contribution in [3.05, 3.63) is 52.0 Å². The van der Waals surface area contributed by atoms with Crippen molar-refractivity contribution in [2.24, 2.45) is 0 Å². The van der Waals surface area contributed by atoms with Crippen molar-refractivity contribution in [2.75, 3.05) is 5.32 Å². The third-order valence-electron chi connectivity index (χ3n) is 3.75. The van der Waals surface area contributed by atoms with Crippen LogP contribution in [0.4, 0.5) is 5.69 Å². The zero-order valence-corrected chi connectivity index (χ0v) is 13.2. The van der Waals surface area contributed by atoms with Crippen molar-refractivity contribution in [3.8, 4) is 0 Å². The van der Waals surface area contributed by atoms with E-state index in [9.17, 15) is 4.79 Å². The van der Waals surface area contributed by atoms with Crippen molar-refractivity contribution >= 4 is 50.3 Å². The van der Waals surface area contributed by atoms with E-state index in [1.807, 2.05) is 24.3 Å². The minimum absolute atomic E-state index is 0.0226. The summed E-state index contributed by atoms with van der Waals surface area (Å²) in [4.78, 5) is 12.0. The van der Waals surface area contributed by atoms with Gasteiger partial charge in [0.2, 0.25) is 5.91 Å². The van der Waals surface area contributed by atoms with Crippen molar-refractivity contribution in [3.63, 3.8) is 0 Å². The zero-order valence-electron chi connectivity index (χ0n) is 10.8. The van der Waals surface area contributed by atoms with E-state index in [1.165, 1.54) is 11.7 Å². The van der Waals surface area contributed by atoms with Crippen LogP contribution in [0.3, 0.4) is 0 Å². The van der Waals surface area contributed by atoms with Gasteiger partial charge in [0.05, 0.1) is 11.7 Å². The number of nitrogens with one attached hydrogen (secondary N) is 1. The van der Waals surface area contributed by atoms with E-state index in [2.05, 4.69) is 42.1 Å².